The molecule has 0 aliphatic carbocycles. The minimum absolute atomic E-state index is 0. The van der Waals surface area contributed by atoms with Crippen LogP contribution in [0.1, 0.15) is 0 Å². The van der Waals surface area contributed by atoms with Crippen molar-refractivity contribution in [3.05, 3.63) is 13.2 Å². The average Bonchev–Trinajstić information content (AvgIpc) is 1.73. The summed E-state index contributed by atoms with van der Waals surface area (Å²) in [5.41, 5.74) is 0. The van der Waals surface area contributed by atoms with Crippen LogP contribution in [0.3, 0.4) is 0 Å². The topological polar surface area (TPSA) is 0 Å². The smallest absolute Gasteiger partial charge is 0.121 e. The lowest BCUT2D eigenvalue weighted by atomic mass is 10.9. The van der Waals surface area contributed by atoms with Crippen LogP contribution in [0.5, 0.6) is 0 Å². The van der Waals surface area contributed by atoms with E-state index in [-0.39, 0.29) is 24.8 Å². The Hall–Kier alpha value is 1.19. The second kappa shape index (κ2) is 22.9. The second-order valence-electron chi connectivity index (χ2n) is 0.545. The highest BCUT2D eigenvalue weighted by Gasteiger charge is 1.88. The Morgan fingerprint density at radius 1 is 1.11 bits per heavy atom. The molecule has 0 saturated heterocycles. The highest BCUT2D eigenvalue weighted by molar-refractivity contribution is 6.47. The maximum atomic E-state index is 5.10. The van der Waals surface area contributed by atoms with Gasteiger partial charge in [0.05, 0.1) is 5.88 Å². The second-order valence-corrected chi connectivity index (χ2v) is 2.13. The molecule has 0 aliphatic rings. The van der Waals surface area contributed by atoms with Crippen molar-refractivity contribution in [1.82, 2.24) is 0 Å². The van der Waals surface area contributed by atoms with Crippen LogP contribution in [0, 0.1) is 0 Å². The van der Waals surface area contributed by atoms with Crippen LogP contribution in [-0.2, 0) is 0 Å². The minimum atomic E-state index is -0.406. The summed E-state index contributed by atoms with van der Waals surface area (Å²) in [5.74, 6) is 0.309. The first-order chi connectivity index (χ1) is 3.27. The van der Waals surface area contributed by atoms with Gasteiger partial charge in [0.25, 0.3) is 0 Å². The summed E-state index contributed by atoms with van der Waals surface area (Å²) < 4.78 is 0. The zero-order valence-corrected chi connectivity index (χ0v) is 8.55. The van der Waals surface area contributed by atoms with Crippen LogP contribution in [0.25, 0.3) is 0 Å². The van der Waals surface area contributed by atoms with Gasteiger partial charge in [-0.3, -0.25) is 0 Å². The Morgan fingerprint density at radius 2 is 1.22 bits per heavy atom. The molecule has 60 valence electrons. The predicted molar refractivity (Wildman–Crippen MR) is 52.0 cm³/mol. The standard InChI is InChI=1S/C2H3Cl3.C2H4.2ClH/c3-1-2(4)5;1-2;;/h2H,1H2;1-2H2;2*1H. The largest absolute Gasteiger partial charge is 0.147 e. The fourth-order valence-electron chi connectivity index (χ4n) is 0. The Kier molecular flexibility index (Phi) is 57.1. The lowest BCUT2D eigenvalue weighted by Gasteiger charge is -1.82. The molecule has 0 N–H and O–H groups in total. The maximum absolute atomic E-state index is 5.10. The Morgan fingerprint density at radius 3 is 1.22 bits per heavy atom. The van der Waals surface area contributed by atoms with E-state index in [0.717, 1.165) is 0 Å². The molecule has 0 radical (unpaired) electrons. The molecule has 0 nitrogen and oxygen atoms in total. The molecule has 0 bridgehead atoms. The maximum Gasteiger partial charge on any atom is 0.121 e. The molecule has 0 aliphatic heterocycles. The third-order valence-corrected chi connectivity index (χ3v) is 1.05. The lowest BCUT2D eigenvalue weighted by Crippen LogP contribution is -1.82. The molecular formula is C4H9Cl5. The van der Waals surface area contributed by atoms with E-state index >= 15 is 0 Å². The van der Waals surface area contributed by atoms with Gasteiger partial charge in [-0.2, -0.15) is 0 Å². The third-order valence-electron chi connectivity index (χ3n) is 0.117. The average molecular weight is 234 g/mol. The van der Waals surface area contributed by atoms with Crippen LogP contribution < -0.4 is 0 Å². The van der Waals surface area contributed by atoms with E-state index in [0.29, 0.717) is 5.88 Å². The van der Waals surface area contributed by atoms with Crippen LogP contribution in [0.15, 0.2) is 13.2 Å². The molecule has 0 aromatic heterocycles. The summed E-state index contributed by atoms with van der Waals surface area (Å²) in [6.07, 6.45) is 0. The summed E-state index contributed by atoms with van der Waals surface area (Å²) in [6.45, 7) is 6.00. The summed E-state index contributed by atoms with van der Waals surface area (Å²) in [6, 6.07) is 0. The van der Waals surface area contributed by atoms with Crippen LogP contribution in [0.2, 0.25) is 0 Å². The van der Waals surface area contributed by atoms with Gasteiger partial charge in [-0.05, 0) is 0 Å². The number of alkyl halides is 3. The number of rotatable bonds is 1. The molecular weight excluding hydrogens is 225 g/mol. The van der Waals surface area contributed by atoms with Gasteiger partial charge in [-0.25, -0.2) is 0 Å². The van der Waals surface area contributed by atoms with Gasteiger partial charge in [0.1, 0.15) is 4.84 Å². The van der Waals surface area contributed by atoms with E-state index in [9.17, 15) is 0 Å². The number of hydrogen-bond donors (Lipinski definition) is 0. The fourth-order valence-corrected chi connectivity index (χ4v) is 0. The first kappa shape index (κ1) is 22.5. The van der Waals surface area contributed by atoms with E-state index in [1.807, 2.05) is 0 Å². The summed E-state index contributed by atoms with van der Waals surface area (Å²) in [4.78, 5) is -0.406. The number of halogens is 5. The highest BCUT2D eigenvalue weighted by Crippen LogP contribution is 2.01. The monoisotopic (exact) mass is 232 g/mol. The van der Waals surface area contributed by atoms with Gasteiger partial charge in [0, 0.05) is 0 Å². The molecule has 0 aromatic rings. The van der Waals surface area contributed by atoms with Gasteiger partial charge in [0.2, 0.25) is 0 Å². The normalized spacial score (nSPS) is 5.78. The first-order valence-electron chi connectivity index (χ1n) is 1.61. The summed E-state index contributed by atoms with van der Waals surface area (Å²) in [5, 5.41) is 0. The molecule has 0 spiro atoms. The third kappa shape index (κ3) is 46.7. The van der Waals surface area contributed by atoms with Gasteiger partial charge < -0.3 is 0 Å². The zero-order chi connectivity index (χ0) is 6.28. The Bertz CT molecular complexity index is 30.1. The van der Waals surface area contributed by atoms with Gasteiger partial charge in [-0.1, -0.05) is 0 Å². The zero-order valence-electron chi connectivity index (χ0n) is 4.65. The van der Waals surface area contributed by atoms with Crippen LogP contribution in [0.4, 0.5) is 0 Å². The molecule has 0 heterocycles. The van der Waals surface area contributed by atoms with Crippen LogP contribution >= 0.6 is 59.6 Å². The van der Waals surface area contributed by atoms with E-state index in [1.165, 1.54) is 0 Å². The lowest BCUT2D eigenvalue weighted by molar-refractivity contribution is 1.40. The van der Waals surface area contributed by atoms with E-state index in [1.54, 1.807) is 0 Å². The van der Waals surface area contributed by atoms with Crippen molar-refractivity contribution >= 4 is 59.6 Å². The Labute approximate surface area is 83.4 Å². The molecule has 9 heavy (non-hydrogen) atoms. The van der Waals surface area contributed by atoms with Crippen molar-refractivity contribution in [1.29, 1.82) is 0 Å². The van der Waals surface area contributed by atoms with Crippen molar-refractivity contribution in [2.24, 2.45) is 0 Å². The van der Waals surface area contributed by atoms with Crippen molar-refractivity contribution in [2.45, 2.75) is 4.84 Å². The van der Waals surface area contributed by atoms with E-state index < -0.39 is 4.84 Å². The van der Waals surface area contributed by atoms with Gasteiger partial charge >= 0.3 is 0 Å². The molecule has 0 unspecified atom stereocenters. The molecule has 0 fully saturated rings. The molecule has 0 atom stereocenters. The minimum Gasteiger partial charge on any atom is -0.147 e. The molecule has 0 saturated carbocycles. The van der Waals surface area contributed by atoms with Crippen molar-refractivity contribution < 1.29 is 0 Å². The molecule has 0 rings (SSSR count). The van der Waals surface area contributed by atoms with Crippen LogP contribution in [-0.4, -0.2) is 10.7 Å². The summed E-state index contributed by atoms with van der Waals surface area (Å²) >= 11 is 15.3. The van der Waals surface area contributed by atoms with Gasteiger partial charge in [0.15, 0.2) is 0 Å². The first-order valence-corrected chi connectivity index (χ1v) is 3.02. The molecule has 0 aromatic carbocycles. The van der Waals surface area contributed by atoms with Gasteiger partial charge in [-0.15, -0.1) is 72.8 Å². The molecule has 0 amide bonds. The molecule has 5 heteroatoms. The van der Waals surface area contributed by atoms with E-state index in [4.69, 9.17) is 34.8 Å². The van der Waals surface area contributed by atoms with Crippen molar-refractivity contribution in [2.75, 3.05) is 5.88 Å². The predicted octanol–water partition coefficient (Wildman–Crippen LogP) is 3.67. The van der Waals surface area contributed by atoms with Crippen molar-refractivity contribution in [3.63, 3.8) is 0 Å². The fraction of sp³-hybridized carbons (Fsp3) is 0.500. The number of hydrogen-bond acceptors (Lipinski definition) is 0. The summed E-state index contributed by atoms with van der Waals surface area (Å²) in [7, 11) is 0. The SMILES string of the molecule is C=C.Cl.Cl.ClCC(Cl)Cl. The van der Waals surface area contributed by atoms with Crippen molar-refractivity contribution in [3.8, 4) is 0 Å². The highest BCUT2D eigenvalue weighted by atomic mass is 35.5. The van der Waals surface area contributed by atoms with E-state index in [2.05, 4.69) is 13.2 Å². The Balaban J connectivity index is -0.0000000286. The quantitative estimate of drug-likeness (QED) is 0.479.